The summed E-state index contributed by atoms with van der Waals surface area (Å²) in [6.07, 6.45) is 3.61. The fourth-order valence-corrected chi connectivity index (χ4v) is 5.91. The number of nitrogens with zero attached hydrogens (tertiary/aromatic N) is 4. The molecule has 1 saturated heterocycles. The van der Waals surface area contributed by atoms with Crippen LogP contribution in [0.1, 0.15) is 50.8 Å². The molecular weight excluding hydrogens is 502 g/mol. The van der Waals surface area contributed by atoms with Gasteiger partial charge >= 0.3 is 5.56 Å². The molecule has 0 aliphatic carbocycles. The number of phenolic OH excluding ortho intramolecular Hbond substituents is 1. The second-order valence-electron chi connectivity index (χ2n) is 11.0. The van der Waals surface area contributed by atoms with Crippen molar-refractivity contribution in [3.05, 3.63) is 69.8 Å². The van der Waals surface area contributed by atoms with E-state index < -0.39 is 22.9 Å². The van der Waals surface area contributed by atoms with E-state index in [1.807, 2.05) is 20.8 Å². The third kappa shape index (κ3) is 3.94. The number of anilines is 1. The summed E-state index contributed by atoms with van der Waals surface area (Å²) in [6.45, 7) is 9.03. The Balaban J connectivity index is 1.77. The molecule has 5 heterocycles. The lowest BCUT2D eigenvalue weighted by Gasteiger charge is -2.44. The summed E-state index contributed by atoms with van der Waals surface area (Å²) >= 11 is 0. The first kappa shape index (κ1) is 25.3. The van der Waals surface area contributed by atoms with Crippen LogP contribution >= 0.6 is 0 Å². The molecule has 1 fully saturated rings. The monoisotopic (exact) mass is 532 g/mol. The van der Waals surface area contributed by atoms with Crippen molar-refractivity contribution >= 4 is 16.7 Å². The quantitative estimate of drug-likeness (QED) is 0.356. The van der Waals surface area contributed by atoms with Gasteiger partial charge in [0.25, 0.3) is 0 Å². The van der Waals surface area contributed by atoms with E-state index in [0.717, 1.165) is 24.5 Å². The molecule has 0 bridgehead atoms. The molecule has 2 aliphatic rings. The average molecular weight is 533 g/mol. The van der Waals surface area contributed by atoms with E-state index in [4.69, 9.17) is 4.74 Å². The van der Waals surface area contributed by atoms with Crippen LogP contribution in [0.15, 0.2) is 41.3 Å². The van der Waals surface area contributed by atoms with Gasteiger partial charge in [-0.2, -0.15) is 0 Å². The van der Waals surface area contributed by atoms with Crippen LogP contribution in [0.4, 0.5) is 14.5 Å². The van der Waals surface area contributed by atoms with Crippen molar-refractivity contribution in [2.24, 2.45) is 5.92 Å². The number of piperidine rings is 1. The van der Waals surface area contributed by atoms with Crippen LogP contribution in [-0.4, -0.2) is 38.8 Å². The lowest BCUT2D eigenvalue weighted by Crippen LogP contribution is -2.50. The second-order valence-corrected chi connectivity index (χ2v) is 11.0. The first-order valence-electron chi connectivity index (χ1n) is 13.3. The van der Waals surface area contributed by atoms with Gasteiger partial charge in [-0.05, 0) is 61.4 Å². The van der Waals surface area contributed by atoms with Crippen LogP contribution in [0.2, 0.25) is 0 Å². The molecule has 0 amide bonds. The van der Waals surface area contributed by atoms with Crippen LogP contribution in [-0.2, 0) is 0 Å². The molecule has 9 heteroatoms. The van der Waals surface area contributed by atoms with Gasteiger partial charge in [0, 0.05) is 18.1 Å². The zero-order chi connectivity index (χ0) is 27.6. The van der Waals surface area contributed by atoms with E-state index in [1.54, 1.807) is 12.3 Å². The summed E-state index contributed by atoms with van der Waals surface area (Å²) in [5.74, 6) is -1.59. The molecular formula is C30H30F2N4O3. The molecule has 4 aromatic rings. The summed E-state index contributed by atoms with van der Waals surface area (Å²) in [4.78, 5) is 25.6. The topological polar surface area (TPSA) is 80.5 Å². The highest BCUT2D eigenvalue weighted by Gasteiger charge is 2.37. The Morgan fingerprint density at radius 1 is 1.13 bits per heavy atom. The number of pyridine rings is 3. The maximum Gasteiger partial charge on any atom is 0.301 e. The summed E-state index contributed by atoms with van der Waals surface area (Å²) in [5, 5.41) is 10.9. The van der Waals surface area contributed by atoms with Gasteiger partial charge in [0.1, 0.15) is 23.9 Å². The van der Waals surface area contributed by atoms with Gasteiger partial charge in [0.05, 0.1) is 28.7 Å². The standard InChI is InChI=1S/C30H30F2N4O3/c1-15(2)24-26(17(4)10-11-33-24)36-29-19(12-21(32)25(34-29)23-20(31)6-5-7-22(23)37)27-28(30(36)38)39-14-18-9-8-16(3)13-35(18)27/h5-7,10-12,15-16,18,37H,8-9,13-14H2,1-4H3/t16-,18+/m0/s1. The number of hydrogen-bond donors (Lipinski definition) is 1. The number of aromatic nitrogens is 3. The highest BCUT2D eigenvalue weighted by molar-refractivity contribution is 5.96. The maximum absolute atomic E-state index is 15.9. The van der Waals surface area contributed by atoms with Crippen LogP contribution in [0, 0.1) is 24.5 Å². The number of rotatable bonds is 3. The van der Waals surface area contributed by atoms with Gasteiger partial charge in [-0.3, -0.25) is 14.3 Å². The molecule has 0 saturated carbocycles. The van der Waals surface area contributed by atoms with E-state index in [-0.39, 0.29) is 34.6 Å². The smallest absolute Gasteiger partial charge is 0.301 e. The van der Waals surface area contributed by atoms with E-state index in [1.165, 1.54) is 22.8 Å². The summed E-state index contributed by atoms with van der Waals surface area (Å²) in [5.41, 5.74) is 1.47. The summed E-state index contributed by atoms with van der Waals surface area (Å²) in [7, 11) is 0. The zero-order valence-corrected chi connectivity index (χ0v) is 22.3. The predicted octanol–water partition coefficient (Wildman–Crippen LogP) is 5.86. The predicted molar refractivity (Wildman–Crippen MR) is 146 cm³/mol. The Kier molecular flexibility index (Phi) is 6.04. The molecule has 0 spiro atoms. The van der Waals surface area contributed by atoms with Gasteiger partial charge in [-0.25, -0.2) is 13.8 Å². The molecule has 6 rings (SSSR count). The molecule has 0 radical (unpaired) electrons. The molecule has 2 atom stereocenters. The maximum atomic E-state index is 15.9. The summed E-state index contributed by atoms with van der Waals surface area (Å²) in [6, 6.07) is 6.88. The Morgan fingerprint density at radius 2 is 1.92 bits per heavy atom. The van der Waals surface area contributed by atoms with E-state index in [0.29, 0.717) is 41.5 Å². The van der Waals surface area contributed by atoms with Crippen molar-refractivity contribution in [3.63, 3.8) is 0 Å². The van der Waals surface area contributed by atoms with Gasteiger partial charge in [0.2, 0.25) is 5.75 Å². The SMILES string of the molecule is Cc1ccnc(C(C)C)c1-n1c(=O)c2c(c3cc(F)c(-c4c(O)cccc4F)nc31)N1C[C@@H](C)CC[C@@H]1CO2. The van der Waals surface area contributed by atoms with Crippen molar-refractivity contribution < 1.29 is 18.6 Å². The number of hydrogen-bond acceptors (Lipinski definition) is 6. The van der Waals surface area contributed by atoms with Crippen LogP contribution in [0.3, 0.4) is 0 Å². The largest absolute Gasteiger partial charge is 0.507 e. The Morgan fingerprint density at radius 3 is 2.67 bits per heavy atom. The fraction of sp³-hybridized carbons (Fsp3) is 0.367. The first-order valence-corrected chi connectivity index (χ1v) is 13.3. The average Bonchev–Trinajstić information content (AvgIpc) is 2.89. The van der Waals surface area contributed by atoms with Crippen LogP contribution in [0.25, 0.3) is 28.0 Å². The van der Waals surface area contributed by atoms with Gasteiger partial charge in [0.15, 0.2) is 11.5 Å². The molecule has 2 aliphatic heterocycles. The highest BCUT2D eigenvalue weighted by Crippen LogP contribution is 2.44. The third-order valence-corrected chi connectivity index (χ3v) is 7.84. The second kappa shape index (κ2) is 9.32. The van der Waals surface area contributed by atoms with Crippen LogP contribution < -0.4 is 15.2 Å². The minimum Gasteiger partial charge on any atom is -0.507 e. The molecule has 1 aromatic carbocycles. The van der Waals surface area contributed by atoms with Crippen molar-refractivity contribution in [2.75, 3.05) is 18.1 Å². The minimum atomic E-state index is -0.818. The van der Waals surface area contributed by atoms with E-state index >= 15 is 4.39 Å². The lowest BCUT2D eigenvalue weighted by molar-refractivity contribution is 0.222. The summed E-state index contributed by atoms with van der Waals surface area (Å²) < 4.78 is 38.3. The highest BCUT2D eigenvalue weighted by atomic mass is 19.1. The molecule has 7 nitrogen and oxygen atoms in total. The molecule has 1 N–H and O–H groups in total. The minimum absolute atomic E-state index is 0.0401. The molecule has 3 aromatic heterocycles. The zero-order valence-electron chi connectivity index (χ0n) is 22.3. The van der Waals surface area contributed by atoms with E-state index in [2.05, 4.69) is 21.8 Å². The van der Waals surface area contributed by atoms with Crippen molar-refractivity contribution in [2.45, 2.75) is 52.5 Å². The Hall–Kier alpha value is -4.01. The number of phenols is 1. The fourth-order valence-electron chi connectivity index (χ4n) is 5.91. The van der Waals surface area contributed by atoms with Gasteiger partial charge in [-0.1, -0.05) is 26.8 Å². The number of aryl methyl sites for hydroxylation is 1. The lowest BCUT2D eigenvalue weighted by atomic mass is 9.92. The normalized spacial score (nSPS) is 18.7. The molecule has 0 unspecified atom stereocenters. The van der Waals surface area contributed by atoms with Crippen LogP contribution in [0.5, 0.6) is 11.5 Å². The molecule has 202 valence electrons. The first-order chi connectivity index (χ1) is 18.7. The third-order valence-electron chi connectivity index (χ3n) is 7.84. The number of aromatic hydroxyl groups is 1. The van der Waals surface area contributed by atoms with Crippen molar-refractivity contribution in [3.8, 4) is 28.4 Å². The van der Waals surface area contributed by atoms with Gasteiger partial charge in [-0.15, -0.1) is 0 Å². The number of fused-ring (bicyclic) bond motifs is 5. The number of benzene rings is 1. The molecule has 39 heavy (non-hydrogen) atoms. The number of halogens is 2. The van der Waals surface area contributed by atoms with Gasteiger partial charge < -0.3 is 14.7 Å². The van der Waals surface area contributed by atoms with Crippen molar-refractivity contribution in [1.29, 1.82) is 0 Å². The number of ether oxygens (including phenoxy) is 1. The Labute approximate surface area is 224 Å². The van der Waals surface area contributed by atoms with Crippen molar-refractivity contribution in [1.82, 2.24) is 14.5 Å². The van der Waals surface area contributed by atoms with E-state index in [9.17, 15) is 14.3 Å². The Bertz CT molecular complexity index is 1660.